The lowest BCUT2D eigenvalue weighted by Crippen LogP contribution is -2.23. The largest absolute Gasteiger partial charge is 0.299 e. The van der Waals surface area contributed by atoms with Crippen LogP contribution in [0.1, 0.15) is 37.0 Å². The first kappa shape index (κ1) is 12.1. The van der Waals surface area contributed by atoms with E-state index < -0.39 is 0 Å². The Morgan fingerprint density at radius 1 is 1.41 bits per heavy atom. The third-order valence-corrected chi connectivity index (χ3v) is 3.62. The van der Waals surface area contributed by atoms with Gasteiger partial charge in [-0.2, -0.15) is 5.26 Å². The molecule has 0 atom stereocenters. The van der Waals surface area contributed by atoms with Gasteiger partial charge in [0.2, 0.25) is 0 Å². The van der Waals surface area contributed by atoms with E-state index in [1.807, 2.05) is 12.1 Å². The smallest absolute Gasteiger partial charge is 0.0991 e. The second-order valence-electron chi connectivity index (χ2n) is 5.88. The fraction of sp³-hybridized carbons (Fsp3) is 0.533. The summed E-state index contributed by atoms with van der Waals surface area (Å²) >= 11 is 0. The number of likely N-dealkylation sites (tertiary alicyclic amines) is 1. The minimum atomic E-state index is 0.459. The number of nitrogens with zero attached hydrogens (tertiary/aromatic N) is 2. The Morgan fingerprint density at radius 2 is 2.18 bits per heavy atom. The summed E-state index contributed by atoms with van der Waals surface area (Å²) in [6, 6.07) is 8.19. The first-order valence-corrected chi connectivity index (χ1v) is 6.22. The number of benzene rings is 1. The van der Waals surface area contributed by atoms with Gasteiger partial charge in [-0.25, -0.2) is 0 Å². The van der Waals surface area contributed by atoms with Crippen LogP contribution in [0, 0.1) is 23.7 Å². The van der Waals surface area contributed by atoms with Crippen molar-refractivity contribution in [2.45, 2.75) is 33.7 Å². The second kappa shape index (κ2) is 4.50. The van der Waals surface area contributed by atoms with Gasteiger partial charge in [0.15, 0.2) is 0 Å². The highest BCUT2D eigenvalue weighted by Crippen LogP contribution is 2.30. The van der Waals surface area contributed by atoms with Crippen LogP contribution in [0.15, 0.2) is 18.2 Å². The molecule has 1 aliphatic rings. The van der Waals surface area contributed by atoms with E-state index in [1.54, 1.807) is 0 Å². The van der Waals surface area contributed by atoms with E-state index >= 15 is 0 Å². The topological polar surface area (TPSA) is 27.0 Å². The molecule has 0 amide bonds. The highest BCUT2D eigenvalue weighted by Gasteiger charge is 2.28. The predicted octanol–water partition coefficient (Wildman–Crippen LogP) is 3.10. The lowest BCUT2D eigenvalue weighted by molar-refractivity contribution is 0.284. The molecule has 0 radical (unpaired) electrons. The third kappa shape index (κ3) is 2.87. The number of nitriles is 1. The Hall–Kier alpha value is -1.33. The van der Waals surface area contributed by atoms with E-state index in [2.05, 4.69) is 37.8 Å². The van der Waals surface area contributed by atoms with Crippen molar-refractivity contribution in [2.75, 3.05) is 13.1 Å². The van der Waals surface area contributed by atoms with Crippen molar-refractivity contribution in [3.8, 4) is 6.07 Å². The van der Waals surface area contributed by atoms with Gasteiger partial charge in [-0.3, -0.25) is 4.90 Å². The Labute approximate surface area is 104 Å². The van der Waals surface area contributed by atoms with Crippen LogP contribution in [-0.2, 0) is 6.54 Å². The fourth-order valence-electron chi connectivity index (χ4n) is 2.54. The summed E-state index contributed by atoms with van der Waals surface area (Å²) in [5, 5.41) is 8.85. The molecule has 0 spiro atoms. The van der Waals surface area contributed by atoms with Crippen LogP contribution in [0.3, 0.4) is 0 Å². The molecular weight excluding hydrogens is 208 g/mol. The maximum Gasteiger partial charge on any atom is 0.0991 e. The molecule has 1 fully saturated rings. The SMILES string of the molecule is Cc1cc(C#N)ccc1CN1CCC(C)(C)C1. The van der Waals surface area contributed by atoms with E-state index in [1.165, 1.54) is 30.6 Å². The number of aryl methyl sites for hydroxylation is 1. The van der Waals surface area contributed by atoms with Gasteiger partial charge in [-0.05, 0) is 48.6 Å². The minimum Gasteiger partial charge on any atom is -0.299 e. The summed E-state index contributed by atoms with van der Waals surface area (Å²) in [4.78, 5) is 2.51. The van der Waals surface area contributed by atoms with Crippen LogP contribution in [0.25, 0.3) is 0 Å². The van der Waals surface area contributed by atoms with Gasteiger partial charge in [-0.1, -0.05) is 19.9 Å². The molecule has 0 saturated carbocycles. The van der Waals surface area contributed by atoms with E-state index in [0.717, 1.165) is 12.1 Å². The van der Waals surface area contributed by atoms with Gasteiger partial charge in [0.05, 0.1) is 11.6 Å². The van der Waals surface area contributed by atoms with Crippen molar-refractivity contribution in [1.82, 2.24) is 4.90 Å². The van der Waals surface area contributed by atoms with E-state index in [0.29, 0.717) is 5.41 Å². The molecular formula is C15H20N2. The average molecular weight is 228 g/mol. The van der Waals surface area contributed by atoms with Crippen molar-refractivity contribution < 1.29 is 0 Å². The van der Waals surface area contributed by atoms with Crippen molar-refractivity contribution in [3.63, 3.8) is 0 Å². The van der Waals surface area contributed by atoms with E-state index in [-0.39, 0.29) is 0 Å². The van der Waals surface area contributed by atoms with Crippen molar-refractivity contribution in [1.29, 1.82) is 5.26 Å². The van der Waals surface area contributed by atoms with Crippen molar-refractivity contribution >= 4 is 0 Å². The molecule has 90 valence electrons. The zero-order chi connectivity index (χ0) is 12.5. The Kier molecular flexibility index (Phi) is 3.22. The highest BCUT2D eigenvalue weighted by molar-refractivity contribution is 5.37. The average Bonchev–Trinajstić information content (AvgIpc) is 2.61. The summed E-state index contributed by atoms with van der Waals surface area (Å²) in [7, 11) is 0. The molecule has 0 bridgehead atoms. The molecule has 17 heavy (non-hydrogen) atoms. The zero-order valence-electron chi connectivity index (χ0n) is 11.0. The molecule has 1 saturated heterocycles. The van der Waals surface area contributed by atoms with Crippen molar-refractivity contribution in [3.05, 3.63) is 34.9 Å². The quantitative estimate of drug-likeness (QED) is 0.777. The molecule has 0 aliphatic carbocycles. The molecule has 1 aromatic rings. The second-order valence-corrected chi connectivity index (χ2v) is 5.88. The first-order chi connectivity index (χ1) is 8.00. The van der Waals surface area contributed by atoms with Gasteiger partial charge in [0.25, 0.3) is 0 Å². The highest BCUT2D eigenvalue weighted by atomic mass is 15.1. The normalized spacial score (nSPS) is 19.2. The maximum atomic E-state index is 8.85. The van der Waals surface area contributed by atoms with Gasteiger partial charge >= 0.3 is 0 Å². The van der Waals surface area contributed by atoms with Crippen LogP contribution >= 0.6 is 0 Å². The van der Waals surface area contributed by atoms with Crippen LogP contribution in [0.2, 0.25) is 0 Å². The molecule has 2 nitrogen and oxygen atoms in total. The lowest BCUT2D eigenvalue weighted by atomic mass is 9.93. The summed E-state index contributed by atoms with van der Waals surface area (Å²) in [5.74, 6) is 0. The van der Waals surface area contributed by atoms with Gasteiger partial charge < -0.3 is 0 Å². The fourth-order valence-corrected chi connectivity index (χ4v) is 2.54. The molecule has 2 rings (SSSR count). The molecule has 1 aliphatic heterocycles. The van der Waals surface area contributed by atoms with Crippen LogP contribution in [-0.4, -0.2) is 18.0 Å². The standard InChI is InChI=1S/C15H20N2/c1-12-8-13(9-16)4-5-14(12)10-17-7-6-15(2,3)11-17/h4-5,8H,6-7,10-11H2,1-3H3. The third-order valence-electron chi connectivity index (χ3n) is 3.62. The van der Waals surface area contributed by atoms with Gasteiger partial charge in [0.1, 0.15) is 0 Å². The molecule has 0 aromatic heterocycles. The number of hydrogen-bond acceptors (Lipinski definition) is 2. The summed E-state index contributed by atoms with van der Waals surface area (Å²) in [6.45, 7) is 10.1. The number of hydrogen-bond donors (Lipinski definition) is 0. The number of rotatable bonds is 2. The zero-order valence-corrected chi connectivity index (χ0v) is 11.0. The Bertz CT molecular complexity index is 454. The minimum absolute atomic E-state index is 0.459. The van der Waals surface area contributed by atoms with E-state index in [9.17, 15) is 0 Å². The monoisotopic (exact) mass is 228 g/mol. The Morgan fingerprint density at radius 3 is 2.71 bits per heavy atom. The predicted molar refractivity (Wildman–Crippen MR) is 69.6 cm³/mol. The van der Waals surface area contributed by atoms with Crippen LogP contribution < -0.4 is 0 Å². The summed E-state index contributed by atoms with van der Waals surface area (Å²) in [6.07, 6.45) is 1.28. The van der Waals surface area contributed by atoms with Crippen LogP contribution in [0.4, 0.5) is 0 Å². The maximum absolute atomic E-state index is 8.85. The molecule has 1 aromatic carbocycles. The van der Waals surface area contributed by atoms with Crippen LogP contribution in [0.5, 0.6) is 0 Å². The van der Waals surface area contributed by atoms with E-state index in [4.69, 9.17) is 5.26 Å². The molecule has 1 heterocycles. The van der Waals surface area contributed by atoms with Gasteiger partial charge in [0, 0.05) is 13.1 Å². The molecule has 0 unspecified atom stereocenters. The lowest BCUT2D eigenvalue weighted by Gasteiger charge is -2.20. The summed E-state index contributed by atoms with van der Waals surface area (Å²) < 4.78 is 0. The van der Waals surface area contributed by atoms with Crippen molar-refractivity contribution in [2.24, 2.45) is 5.41 Å². The molecule has 0 N–H and O–H groups in total. The Balaban J connectivity index is 2.08. The summed E-state index contributed by atoms with van der Waals surface area (Å²) in [5.41, 5.74) is 3.80. The first-order valence-electron chi connectivity index (χ1n) is 6.22. The van der Waals surface area contributed by atoms with Gasteiger partial charge in [-0.15, -0.1) is 0 Å². The molecule has 2 heteroatoms.